The molecule has 0 bridgehead atoms. The molecule has 1 fully saturated rings. The van der Waals surface area contributed by atoms with Crippen LogP contribution in [0.25, 0.3) is 0 Å². The first-order chi connectivity index (χ1) is 10.7. The number of methoxy groups -OCH3 is 2. The second-order valence-corrected chi connectivity index (χ2v) is 5.17. The molecule has 0 radical (unpaired) electrons. The molecule has 2 heterocycles. The zero-order valence-corrected chi connectivity index (χ0v) is 12.7. The number of aromatic nitrogens is 3. The van der Waals surface area contributed by atoms with Gasteiger partial charge in [-0.15, -0.1) is 0 Å². The van der Waals surface area contributed by atoms with Gasteiger partial charge >= 0.3 is 0 Å². The van der Waals surface area contributed by atoms with Crippen molar-refractivity contribution in [3.63, 3.8) is 0 Å². The molecule has 3 N–H and O–H groups in total. The summed E-state index contributed by atoms with van der Waals surface area (Å²) < 4.78 is 16.1. The van der Waals surface area contributed by atoms with E-state index in [-0.39, 0.29) is 6.10 Å². The Morgan fingerprint density at radius 1 is 1.32 bits per heavy atom. The Morgan fingerprint density at radius 2 is 2.14 bits per heavy atom. The molecule has 118 valence electrons. The summed E-state index contributed by atoms with van der Waals surface area (Å²) in [5.74, 6) is 2.57. The first-order valence-electron chi connectivity index (χ1n) is 7.24. The monoisotopic (exact) mass is 304 g/mol. The van der Waals surface area contributed by atoms with Crippen LogP contribution < -0.4 is 15.2 Å². The van der Waals surface area contributed by atoms with Gasteiger partial charge in [0.2, 0.25) is 0 Å². The molecule has 0 aliphatic carbocycles. The Labute approximate surface area is 128 Å². The lowest BCUT2D eigenvalue weighted by molar-refractivity contribution is 0.105. The summed E-state index contributed by atoms with van der Waals surface area (Å²) in [6.07, 6.45) is 2.00. The van der Waals surface area contributed by atoms with Gasteiger partial charge in [-0.2, -0.15) is 5.10 Å². The van der Waals surface area contributed by atoms with Crippen LogP contribution in [-0.4, -0.2) is 36.0 Å². The number of nitrogens with one attached hydrogen (secondary N) is 1. The molecule has 1 saturated heterocycles. The zero-order valence-electron chi connectivity index (χ0n) is 12.7. The highest BCUT2D eigenvalue weighted by atomic mass is 16.5. The third-order valence-corrected chi connectivity index (χ3v) is 3.80. The Bertz CT molecular complexity index is 637. The van der Waals surface area contributed by atoms with E-state index in [0.29, 0.717) is 17.3 Å². The van der Waals surface area contributed by atoms with Crippen molar-refractivity contribution in [2.45, 2.75) is 25.0 Å². The molecular weight excluding hydrogens is 284 g/mol. The lowest BCUT2D eigenvalue weighted by atomic mass is 10.1. The molecule has 0 amide bonds. The normalized spacial score (nSPS) is 19.1. The van der Waals surface area contributed by atoms with Gasteiger partial charge in [0.1, 0.15) is 6.10 Å². The minimum Gasteiger partial charge on any atom is -0.493 e. The van der Waals surface area contributed by atoms with Gasteiger partial charge in [-0.05, 0) is 30.5 Å². The van der Waals surface area contributed by atoms with Crippen molar-refractivity contribution in [3.05, 3.63) is 35.4 Å². The fourth-order valence-electron chi connectivity index (χ4n) is 2.56. The smallest absolute Gasteiger partial charge is 0.171 e. The zero-order chi connectivity index (χ0) is 15.5. The van der Waals surface area contributed by atoms with Gasteiger partial charge in [0.05, 0.1) is 20.3 Å². The molecule has 1 aliphatic rings. The Kier molecular flexibility index (Phi) is 4.26. The van der Waals surface area contributed by atoms with Crippen molar-refractivity contribution in [1.82, 2.24) is 15.2 Å². The number of rotatable bonds is 5. The molecule has 0 saturated carbocycles. The first kappa shape index (κ1) is 14.8. The summed E-state index contributed by atoms with van der Waals surface area (Å²) in [6.45, 7) is 0.766. The summed E-state index contributed by atoms with van der Waals surface area (Å²) in [4.78, 5) is 4.48. The highest BCUT2D eigenvalue weighted by Gasteiger charge is 2.23. The molecule has 0 spiro atoms. The van der Waals surface area contributed by atoms with Gasteiger partial charge in [0.25, 0.3) is 0 Å². The molecular formula is C15H20N4O3. The average molecular weight is 304 g/mol. The highest BCUT2D eigenvalue weighted by molar-refractivity contribution is 5.44. The van der Waals surface area contributed by atoms with Crippen LogP contribution in [0.3, 0.4) is 0 Å². The molecule has 7 heteroatoms. The van der Waals surface area contributed by atoms with Crippen LogP contribution in [0, 0.1) is 0 Å². The Hall–Kier alpha value is -2.12. The molecule has 2 atom stereocenters. The third-order valence-electron chi connectivity index (χ3n) is 3.80. The van der Waals surface area contributed by atoms with E-state index in [4.69, 9.17) is 19.9 Å². The molecule has 0 unspecified atom stereocenters. The molecule has 1 aromatic heterocycles. The van der Waals surface area contributed by atoms with Crippen molar-refractivity contribution in [2.75, 3.05) is 20.8 Å². The fourth-order valence-corrected chi connectivity index (χ4v) is 2.56. The highest BCUT2D eigenvalue weighted by Crippen LogP contribution is 2.31. The van der Waals surface area contributed by atoms with Gasteiger partial charge in [-0.3, -0.25) is 5.10 Å². The fraction of sp³-hybridized carbons (Fsp3) is 0.467. The predicted molar refractivity (Wildman–Crippen MR) is 79.9 cm³/mol. The van der Waals surface area contributed by atoms with Gasteiger partial charge in [-0.25, -0.2) is 4.98 Å². The lowest BCUT2D eigenvalue weighted by Gasteiger charge is -2.12. The molecule has 2 aromatic rings. The van der Waals surface area contributed by atoms with E-state index in [0.717, 1.165) is 30.8 Å². The SMILES string of the molecule is COc1ccc([C@@H](N)c2n[nH]c([C@@H]3CCCO3)n2)cc1OC. The van der Waals surface area contributed by atoms with E-state index in [2.05, 4.69) is 15.2 Å². The van der Waals surface area contributed by atoms with Crippen molar-refractivity contribution < 1.29 is 14.2 Å². The molecule has 7 nitrogen and oxygen atoms in total. The summed E-state index contributed by atoms with van der Waals surface area (Å²) in [6, 6.07) is 5.10. The van der Waals surface area contributed by atoms with Crippen molar-refractivity contribution in [3.8, 4) is 11.5 Å². The standard InChI is InChI=1S/C15H20N4O3/c1-20-10-6-5-9(8-12(10)21-2)13(16)15-17-14(18-19-15)11-4-3-7-22-11/h5-6,8,11,13H,3-4,7,16H2,1-2H3,(H,17,18,19)/t11-,13+/m0/s1. The van der Waals surface area contributed by atoms with Crippen LogP contribution in [0.15, 0.2) is 18.2 Å². The lowest BCUT2D eigenvalue weighted by Crippen LogP contribution is -2.14. The van der Waals surface area contributed by atoms with E-state index < -0.39 is 6.04 Å². The van der Waals surface area contributed by atoms with Crippen LogP contribution in [0.1, 0.15) is 42.2 Å². The van der Waals surface area contributed by atoms with Crippen LogP contribution in [0.2, 0.25) is 0 Å². The minimum absolute atomic E-state index is 0.00106. The van der Waals surface area contributed by atoms with Crippen LogP contribution in [-0.2, 0) is 4.74 Å². The Balaban J connectivity index is 1.82. The second-order valence-electron chi connectivity index (χ2n) is 5.17. The van der Waals surface area contributed by atoms with E-state index in [1.54, 1.807) is 14.2 Å². The maximum atomic E-state index is 6.26. The third kappa shape index (κ3) is 2.77. The summed E-state index contributed by atoms with van der Waals surface area (Å²) >= 11 is 0. The maximum Gasteiger partial charge on any atom is 0.171 e. The number of benzene rings is 1. The van der Waals surface area contributed by atoms with Gasteiger partial charge in [-0.1, -0.05) is 6.07 Å². The van der Waals surface area contributed by atoms with Crippen LogP contribution >= 0.6 is 0 Å². The number of nitrogens with two attached hydrogens (primary N) is 1. The van der Waals surface area contributed by atoms with Crippen molar-refractivity contribution in [2.24, 2.45) is 5.73 Å². The molecule has 22 heavy (non-hydrogen) atoms. The maximum absolute atomic E-state index is 6.26. The molecule has 3 rings (SSSR count). The number of hydrogen-bond acceptors (Lipinski definition) is 6. The van der Waals surface area contributed by atoms with Crippen molar-refractivity contribution >= 4 is 0 Å². The second kappa shape index (κ2) is 6.33. The minimum atomic E-state index is -0.439. The van der Waals surface area contributed by atoms with Crippen LogP contribution in [0.4, 0.5) is 0 Å². The summed E-state index contributed by atoms with van der Waals surface area (Å²) in [5.41, 5.74) is 7.12. The van der Waals surface area contributed by atoms with Gasteiger partial charge < -0.3 is 19.9 Å². The molecule has 1 aromatic carbocycles. The Morgan fingerprint density at radius 3 is 2.82 bits per heavy atom. The summed E-state index contributed by atoms with van der Waals surface area (Å²) in [5, 5.41) is 7.15. The largest absolute Gasteiger partial charge is 0.493 e. The average Bonchev–Trinajstić information content (AvgIpc) is 3.24. The first-order valence-corrected chi connectivity index (χ1v) is 7.24. The summed E-state index contributed by atoms with van der Waals surface area (Å²) in [7, 11) is 3.19. The van der Waals surface area contributed by atoms with Gasteiger partial charge in [0, 0.05) is 6.61 Å². The number of aromatic amines is 1. The number of H-pyrrole nitrogens is 1. The van der Waals surface area contributed by atoms with Crippen molar-refractivity contribution in [1.29, 1.82) is 0 Å². The quantitative estimate of drug-likeness (QED) is 0.873. The van der Waals surface area contributed by atoms with Gasteiger partial charge in [0.15, 0.2) is 23.1 Å². The van der Waals surface area contributed by atoms with E-state index >= 15 is 0 Å². The number of nitrogens with zero attached hydrogens (tertiary/aromatic N) is 2. The molecule has 1 aliphatic heterocycles. The predicted octanol–water partition coefficient (Wildman–Crippen LogP) is 1.72. The van der Waals surface area contributed by atoms with Crippen LogP contribution in [0.5, 0.6) is 11.5 Å². The number of hydrogen-bond donors (Lipinski definition) is 2. The van der Waals surface area contributed by atoms with E-state index in [1.807, 2.05) is 18.2 Å². The number of ether oxygens (including phenoxy) is 3. The van der Waals surface area contributed by atoms with E-state index in [1.165, 1.54) is 0 Å². The topological polar surface area (TPSA) is 95.3 Å². The van der Waals surface area contributed by atoms with E-state index in [9.17, 15) is 0 Å².